The molecule has 1 aromatic carbocycles. The highest BCUT2D eigenvalue weighted by atomic mass is 19.1. The van der Waals surface area contributed by atoms with Crippen LogP contribution in [0.4, 0.5) is 8.78 Å². The molecular weight excluding hydrogens is 422 g/mol. The molecule has 0 spiro atoms. The first-order valence-corrected chi connectivity index (χ1v) is 12.3. The maximum absolute atomic E-state index is 14.2. The molecule has 2 amide bonds. The summed E-state index contributed by atoms with van der Waals surface area (Å²) >= 11 is 0. The van der Waals surface area contributed by atoms with Crippen molar-refractivity contribution in [3.63, 3.8) is 0 Å². The molecule has 1 aromatic rings. The molecule has 4 aliphatic rings. The number of benzene rings is 1. The van der Waals surface area contributed by atoms with Crippen molar-refractivity contribution in [3.8, 4) is 0 Å². The van der Waals surface area contributed by atoms with Gasteiger partial charge < -0.3 is 10.6 Å². The van der Waals surface area contributed by atoms with Crippen LogP contribution < -0.4 is 5.73 Å². The third kappa shape index (κ3) is 3.12. The van der Waals surface area contributed by atoms with E-state index in [2.05, 4.69) is 19.9 Å². The van der Waals surface area contributed by atoms with Crippen molar-refractivity contribution >= 4 is 11.8 Å². The maximum Gasteiger partial charge on any atom is 0.247 e. The average molecular weight is 457 g/mol. The highest BCUT2D eigenvalue weighted by Crippen LogP contribution is 2.64. The van der Waals surface area contributed by atoms with E-state index in [0.717, 1.165) is 37.5 Å². The number of carbonyl (C=O) groups is 2. The van der Waals surface area contributed by atoms with E-state index in [4.69, 9.17) is 5.73 Å². The van der Waals surface area contributed by atoms with Crippen molar-refractivity contribution in [3.05, 3.63) is 47.5 Å². The molecule has 3 fully saturated rings. The Hall–Kier alpha value is -2.24. The molecule has 1 aliphatic heterocycles. The number of nitrogens with zero attached hydrogens (tertiary/aromatic N) is 1. The van der Waals surface area contributed by atoms with Gasteiger partial charge in [0.25, 0.3) is 0 Å². The van der Waals surface area contributed by atoms with Crippen molar-refractivity contribution in [2.45, 2.75) is 77.3 Å². The third-order valence-electron chi connectivity index (χ3n) is 10.0. The van der Waals surface area contributed by atoms with Crippen molar-refractivity contribution in [2.75, 3.05) is 0 Å². The van der Waals surface area contributed by atoms with Gasteiger partial charge in [-0.1, -0.05) is 26.3 Å². The van der Waals surface area contributed by atoms with Crippen molar-refractivity contribution in [1.82, 2.24) is 4.90 Å². The quantitative estimate of drug-likeness (QED) is 0.691. The molecule has 4 nitrogen and oxygen atoms in total. The van der Waals surface area contributed by atoms with Crippen LogP contribution in [0.15, 0.2) is 30.4 Å². The lowest BCUT2D eigenvalue weighted by molar-refractivity contribution is -0.160. The molecule has 0 aromatic heterocycles. The summed E-state index contributed by atoms with van der Waals surface area (Å²) in [6, 6.07) is 2.74. The van der Waals surface area contributed by atoms with Gasteiger partial charge in [-0.05, 0) is 92.4 Å². The number of carbonyl (C=O) groups excluding carboxylic acids is 2. The van der Waals surface area contributed by atoms with E-state index in [0.29, 0.717) is 23.2 Å². The molecular formula is C27H34F2N2O2. The predicted octanol–water partition coefficient (Wildman–Crippen LogP) is 5.07. The molecule has 3 saturated carbocycles. The Morgan fingerprint density at radius 1 is 1.06 bits per heavy atom. The summed E-state index contributed by atoms with van der Waals surface area (Å²) in [7, 11) is 0. The summed E-state index contributed by atoms with van der Waals surface area (Å²) in [6.07, 6.45) is 11.5. The van der Waals surface area contributed by atoms with E-state index in [9.17, 15) is 18.4 Å². The summed E-state index contributed by atoms with van der Waals surface area (Å²) in [5.41, 5.74) is 4.40. The van der Waals surface area contributed by atoms with E-state index in [-0.39, 0.29) is 22.9 Å². The molecule has 0 bridgehead atoms. The minimum absolute atomic E-state index is 0.0765. The first-order valence-electron chi connectivity index (χ1n) is 12.3. The van der Waals surface area contributed by atoms with Gasteiger partial charge in [0.15, 0.2) is 0 Å². The second-order valence-electron chi connectivity index (χ2n) is 11.6. The normalized spacial score (nSPS) is 39.4. The number of halogens is 2. The van der Waals surface area contributed by atoms with Crippen LogP contribution in [0, 0.1) is 40.2 Å². The Kier molecular flexibility index (Phi) is 5.04. The van der Waals surface area contributed by atoms with Gasteiger partial charge in [0, 0.05) is 17.5 Å². The lowest BCUT2D eigenvalue weighted by atomic mass is 9.48. The maximum atomic E-state index is 14.2. The van der Waals surface area contributed by atoms with Crippen LogP contribution in [-0.2, 0) is 15.1 Å². The number of rotatable bonds is 3. The summed E-state index contributed by atoms with van der Waals surface area (Å²) in [5, 5.41) is 0. The molecule has 178 valence electrons. The fraction of sp³-hybridized carbons (Fsp3) is 0.630. The minimum Gasteiger partial charge on any atom is -0.367 e. The molecule has 0 radical (unpaired) electrons. The Morgan fingerprint density at radius 3 is 2.42 bits per heavy atom. The molecule has 5 rings (SSSR count). The van der Waals surface area contributed by atoms with E-state index >= 15 is 0 Å². The zero-order valence-electron chi connectivity index (χ0n) is 19.7. The van der Waals surface area contributed by atoms with Crippen LogP contribution in [0.25, 0.3) is 0 Å². The largest absolute Gasteiger partial charge is 0.367 e. The van der Waals surface area contributed by atoms with Crippen LogP contribution in [-0.4, -0.2) is 22.8 Å². The predicted molar refractivity (Wildman–Crippen MR) is 122 cm³/mol. The standard InChI is InChI=1S/C27H34F2N2O2/c1-25-10-4-5-20(25)19-6-7-22-26(2,21(19)8-11-25)12-9-23(32)31(22)27(3,24(30)33)16-13-17(28)15-18(29)14-16/h9,12-15,19-22H,4-8,10-11H2,1-3H3,(H2,30,33)/t19-,20-,21+,22?,25-,26+,27?/m0/s1. The van der Waals surface area contributed by atoms with E-state index < -0.39 is 23.1 Å². The second kappa shape index (κ2) is 7.38. The molecule has 1 heterocycles. The monoisotopic (exact) mass is 456 g/mol. The topological polar surface area (TPSA) is 63.4 Å². The van der Waals surface area contributed by atoms with Gasteiger partial charge >= 0.3 is 0 Å². The first kappa shape index (κ1) is 22.5. The number of hydrogen-bond acceptors (Lipinski definition) is 2. The molecule has 7 atom stereocenters. The summed E-state index contributed by atoms with van der Waals surface area (Å²) < 4.78 is 28.3. The van der Waals surface area contributed by atoms with Crippen LogP contribution in [0.3, 0.4) is 0 Å². The van der Waals surface area contributed by atoms with Gasteiger partial charge in [-0.25, -0.2) is 8.78 Å². The molecule has 33 heavy (non-hydrogen) atoms. The average Bonchev–Trinajstić information content (AvgIpc) is 3.14. The van der Waals surface area contributed by atoms with Gasteiger partial charge in [0.05, 0.1) is 0 Å². The number of hydrogen-bond donors (Lipinski definition) is 1. The summed E-state index contributed by atoms with van der Waals surface area (Å²) in [5.74, 6) is -1.00. The molecule has 6 heteroatoms. The highest BCUT2D eigenvalue weighted by Gasteiger charge is 2.61. The highest BCUT2D eigenvalue weighted by molar-refractivity contribution is 5.96. The third-order valence-corrected chi connectivity index (χ3v) is 10.0. The number of primary amides is 1. The van der Waals surface area contributed by atoms with Crippen molar-refractivity contribution < 1.29 is 18.4 Å². The smallest absolute Gasteiger partial charge is 0.247 e. The molecule has 2 unspecified atom stereocenters. The summed E-state index contributed by atoms with van der Waals surface area (Å²) in [6.45, 7) is 6.18. The number of nitrogens with two attached hydrogens (primary N) is 1. The SMILES string of the molecule is CC(C(N)=O)(c1cc(F)cc(F)c1)N1C(=O)C=C[C@@]2(C)C1CC[C@@H]1[C@H]2CC[C@]2(C)CCC[C@@H]12. The lowest BCUT2D eigenvalue weighted by Gasteiger charge is -2.62. The Labute approximate surface area is 194 Å². The lowest BCUT2D eigenvalue weighted by Crippen LogP contribution is -2.67. The number of amides is 2. The first-order chi connectivity index (χ1) is 15.5. The van der Waals surface area contributed by atoms with E-state index in [1.807, 2.05) is 0 Å². The van der Waals surface area contributed by atoms with Gasteiger partial charge in [-0.3, -0.25) is 9.59 Å². The Morgan fingerprint density at radius 2 is 1.76 bits per heavy atom. The number of fused-ring (bicyclic) bond motifs is 5. The van der Waals surface area contributed by atoms with Crippen LogP contribution in [0.1, 0.15) is 71.3 Å². The van der Waals surface area contributed by atoms with Gasteiger partial charge in [-0.2, -0.15) is 0 Å². The zero-order chi connectivity index (χ0) is 23.8. The van der Waals surface area contributed by atoms with Crippen molar-refractivity contribution in [1.29, 1.82) is 0 Å². The van der Waals surface area contributed by atoms with Crippen LogP contribution in [0.2, 0.25) is 0 Å². The van der Waals surface area contributed by atoms with Gasteiger partial charge in [0.2, 0.25) is 11.8 Å². The zero-order valence-corrected chi connectivity index (χ0v) is 19.7. The second-order valence-corrected chi connectivity index (χ2v) is 11.6. The summed E-state index contributed by atoms with van der Waals surface area (Å²) in [4.78, 5) is 27.8. The van der Waals surface area contributed by atoms with Crippen LogP contribution >= 0.6 is 0 Å². The minimum atomic E-state index is -1.65. The van der Waals surface area contributed by atoms with Gasteiger partial charge in [0.1, 0.15) is 17.2 Å². The molecule has 0 saturated heterocycles. The fourth-order valence-corrected chi connectivity index (χ4v) is 8.26. The van der Waals surface area contributed by atoms with Crippen molar-refractivity contribution in [2.24, 2.45) is 34.3 Å². The molecule has 3 aliphatic carbocycles. The van der Waals surface area contributed by atoms with Gasteiger partial charge in [-0.15, -0.1) is 0 Å². The van der Waals surface area contributed by atoms with Crippen LogP contribution in [0.5, 0.6) is 0 Å². The Bertz CT molecular complexity index is 1020. The van der Waals surface area contributed by atoms with E-state index in [1.165, 1.54) is 32.6 Å². The van der Waals surface area contributed by atoms with E-state index in [1.54, 1.807) is 11.0 Å². The fourth-order valence-electron chi connectivity index (χ4n) is 8.26. The molecule has 2 N–H and O–H groups in total. The Balaban J connectivity index is 1.59.